The second-order valence-electron chi connectivity index (χ2n) is 6.71. The van der Waals surface area contributed by atoms with Gasteiger partial charge in [0, 0.05) is 31.2 Å². The first-order valence-corrected chi connectivity index (χ1v) is 10.8. The molecule has 11 nitrogen and oxygen atoms in total. The number of aromatic nitrogens is 5. The van der Waals surface area contributed by atoms with Crippen molar-refractivity contribution in [2.45, 2.75) is 11.5 Å². The molecule has 1 amide bonds. The number of anilines is 1. The minimum Gasteiger partial charge on any atom is -0.434 e. The van der Waals surface area contributed by atoms with Crippen LogP contribution in [-0.2, 0) is 17.1 Å². The minimum atomic E-state index is -3.90. The fraction of sp³-hybridized carbons (Fsp3) is 0.158. The Balaban J connectivity index is 1.79. The fourth-order valence-corrected chi connectivity index (χ4v) is 3.89. The van der Waals surface area contributed by atoms with Gasteiger partial charge in [-0.1, -0.05) is 0 Å². The Bertz CT molecular complexity index is 1450. The average Bonchev–Trinajstić information content (AvgIpc) is 3.36. The van der Waals surface area contributed by atoms with E-state index in [1.165, 1.54) is 34.8 Å². The van der Waals surface area contributed by atoms with Gasteiger partial charge in [0.1, 0.15) is 17.0 Å². The normalized spacial score (nSPS) is 11.8. The number of hydrogen-bond donors (Lipinski definition) is 2. The average molecular weight is 477 g/mol. The number of alkyl halides is 2. The van der Waals surface area contributed by atoms with Crippen LogP contribution in [0.15, 0.2) is 53.9 Å². The molecule has 33 heavy (non-hydrogen) atoms. The van der Waals surface area contributed by atoms with Gasteiger partial charge in [0.2, 0.25) is 10.0 Å². The maximum atomic E-state index is 13.0. The predicted molar refractivity (Wildman–Crippen MR) is 112 cm³/mol. The lowest BCUT2D eigenvalue weighted by molar-refractivity contribution is -0.0494. The predicted octanol–water partition coefficient (Wildman–Crippen LogP) is 1.89. The van der Waals surface area contributed by atoms with Crippen LogP contribution in [-0.4, -0.2) is 52.4 Å². The number of carbonyl (C=O) groups is 1. The molecule has 2 N–H and O–H groups in total. The number of aryl methyl sites for hydroxylation is 1. The number of benzene rings is 1. The van der Waals surface area contributed by atoms with E-state index in [1.807, 2.05) is 0 Å². The first-order chi connectivity index (χ1) is 15.7. The van der Waals surface area contributed by atoms with Crippen molar-refractivity contribution in [1.29, 1.82) is 0 Å². The zero-order valence-electron chi connectivity index (χ0n) is 17.2. The molecule has 0 unspecified atom stereocenters. The van der Waals surface area contributed by atoms with Crippen LogP contribution in [0.25, 0.3) is 16.9 Å². The maximum absolute atomic E-state index is 13.0. The summed E-state index contributed by atoms with van der Waals surface area (Å²) < 4.78 is 60.0. The number of sulfonamides is 1. The highest BCUT2D eigenvalue weighted by Gasteiger charge is 2.23. The van der Waals surface area contributed by atoms with Crippen molar-refractivity contribution in [2.24, 2.45) is 7.05 Å². The van der Waals surface area contributed by atoms with Crippen LogP contribution in [0.2, 0.25) is 0 Å². The van der Waals surface area contributed by atoms with Crippen molar-refractivity contribution in [2.75, 3.05) is 12.4 Å². The van der Waals surface area contributed by atoms with Crippen LogP contribution in [0.3, 0.4) is 0 Å². The molecule has 0 aliphatic rings. The summed E-state index contributed by atoms with van der Waals surface area (Å²) in [5, 5.41) is 10.9. The van der Waals surface area contributed by atoms with Gasteiger partial charge in [-0.15, -0.1) is 0 Å². The summed E-state index contributed by atoms with van der Waals surface area (Å²) in [5.41, 5.74) is 0.584. The number of nitrogens with one attached hydrogen (secondary N) is 2. The number of fused-ring (bicyclic) bond motifs is 1. The van der Waals surface area contributed by atoms with E-state index < -0.39 is 22.5 Å². The summed E-state index contributed by atoms with van der Waals surface area (Å²) in [7, 11) is -1.13. The third-order valence-electron chi connectivity index (χ3n) is 4.60. The monoisotopic (exact) mass is 477 g/mol. The Morgan fingerprint density at radius 2 is 2.06 bits per heavy atom. The Kier molecular flexibility index (Phi) is 5.78. The lowest BCUT2D eigenvalue weighted by Gasteiger charge is -2.13. The third-order valence-corrected chi connectivity index (χ3v) is 6.01. The molecule has 1 aromatic carbocycles. The van der Waals surface area contributed by atoms with Crippen molar-refractivity contribution < 1.29 is 26.7 Å². The zero-order valence-corrected chi connectivity index (χ0v) is 18.0. The number of hydrogen-bond acceptors (Lipinski definition) is 7. The largest absolute Gasteiger partial charge is 0.434 e. The molecule has 14 heteroatoms. The molecule has 3 heterocycles. The number of nitrogens with zero attached hydrogens (tertiary/aromatic N) is 5. The summed E-state index contributed by atoms with van der Waals surface area (Å²) in [6.07, 6.45) is 5.90. The lowest BCUT2D eigenvalue weighted by atomic mass is 10.1. The van der Waals surface area contributed by atoms with Gasteiger partial charge in [-0.2, -0.15) is 19.0 Å². The Labute approximate surface area is 186 Å². The van der Waals surface area contributed by atoms with E-state index in [4.69, 9.17) is 0 Å². The third kappa shape index (κ3) is 4.38. The lowest BCUT2D eigenvalue weighted by Crippen LogP contribution is -2.18. The van der Waals surface area contributed by atoms with E-state index in [9.17, 15) is 22.0 Å². The van der Waals surface area contributed by atoms with Crippen molar-refractivity contribution >= 4 is 27.3 Å². The van der Waals surface area contributed by atoms with Gasteiger partial charge in [-0.05, 0) is 31.3 Å². The van der Waals surface area contributed by atoms with Crippen molar-refractivity contribution in [3.63, 3.8) is 0 Å². The zero-order chi connectivity index (χ0) is 23.8. The van der Waals surface area contributed by atoms with Gasteiger partial charge in [0.05, 0.1) is 16.8 Å². The van der Waals surface area contributed by atoms with Gasteiger partial charge in [-0.3, -0.25) is 9.48 Å². The van der Waals surface area contributed by atoms with E-state index in [2.05, 4.69) is 30.0 Å². The summed E-state index contributed by atoms with van der Waals surface area (Å²) >= 11 is 0. The number of carbonyl (C=O) groups excluding carboxylic acids is 1. The van der Waals surface area contributed by atoms with Gasteiger partial charge >= 0.3 is 6.61 Å². The van der Waals surface area contributed by atoms with E-state index in [-0.39, 0.29) is 33.2 Å². The molecule has 4 aromatic rings. The van der Waals surface area contributed by atoms with Gasteiger partial charge < -0.3 is 10.1 Å². The van der Waals surface area contributed by atoms with E-state index >= 15 is 0 Å². The number of ether oxygens (including phenoxy) is 1. The molecule has 0 aliphatic carbocycles. The molecular weight excluding hydrogens is 460 g/mol. The topological polar surface area (TPSA) is 133 Å². The molecule has 0 radical (unpaired) electrons. The highest BCUT2D eigenvalue weighted by molar-refractivity contribution is 7.89. The molecule has 0 aliphatic heterocycles. The number of rotatable bonds is 7. The number of amides is 1. The summed E-state index contributed by atoms with van der Waals surface area (Å²) in [6.45, 7) is -3.16. The van der Waals surface area contributed by atoms with Crippen LogP contribution >= 0.6 is 0 Å². The molecule has 0 atom stereocenters. The molecule has 0 saturated carbocycles. The van der Waals surface area contributed by atoms with Crippen LogP contribution < -0.4 is 14.8 Å². The maximum Gasteiger partial charge on any atom is 0.387 e. The summed E-state index contributed by atoms with van der Waals surface area (Å²) in [5.74, 6) is -0.889. The smallest absolute Gasteiger partial charge is 0.387 e. The molecular formula is C19H17F2N7O4S. The Hall–Kier alpha value is -3.91. The quantitative estimate of drug-likeness (QED) is 0.415. The molecule has 0 fully saturated rings. The molecule has 4 rings (SSSR count). The first-order valence-electron chi connectivity index (χ1n) is 9.35. The summed E-state index contributed by atoms with van der Waals surface area (Å²) in [6, 6.07) is 5.01. The van der Waals surface area contributed by atoms with Crippen molar-refractivity contribution in [3.8, 4) is 17.0 Å². The van der Waals surface area contributed by atoms with E-state index in [1.54, 1.807) is 19.3 Å². The minimum absolute atomic E-state index is 0.0269. The SMILES string of the molecule is CNS(=O)(=O)c1ccc(OC(F)F)c(-c2nn(C)cc2NC(=O)c2cnn3cccnc23)c1. The van der Waals surface area contributed by atoms with E-state index in [0.29, 0.717) is 5.65 Å². The molecule has 0 bridgehead atoms. The second-order valence-corrected chi connectivity index (χ2v) is 8.60. The second kappa shape index (κ2) is 8.55. The van der Waals surface area contributed by atoms with Crippen LogP contribution in [0, 0.1) is 0 Å². The van der Waals surface area contributed by atoms with Crippen LogP contribution in [0.4, 0.5) is 14.5 Å². The number of halogens is 2. The highest BCUT2D eigenvalue weighted by atomic mass is 32.2. The molecule has 172 valence electrons. The first kappa shape index (κ1) is 22.3. The summed E-state index contributed by atoms with van der Waals surface area (Å²) in [4.78, 5) is 16.8. The van der Waals surface area contributed by atoms with Crippen molar-refractivity contribution in [1.82, 2.24) is 29.1 Å². The van der Waals surface area contributed by atoms with Gasteiger partial charge in [0.15, 0.2) is 5.65 Å². The highest BCUT2D eigenvalue weighted by Crippen LogP contribution is 2.36. The fourth-order valence-electron chi connectivity index (χ4n) is 3.13. The van der Waals surface area contributed by atoms with E-state index in [0.717, 1.165) is 18.2 Å². The Morgan fingerprint density at radius 1 is 1.27 bits per heavy atom. The molecule has 3 aromatic heterocycles. The van der Waals surface area contributed by atoms with Gasteiger partial charge in [-0.25, -0.2) is 22.6 Å². The Morgan fingerprint density at radius 3 is 2.79 bits per heavy atom. The molecule has 0 spiro atoms. The van der Waals surface area contributed by atoms with Crippen LogP contribution in [0.1, 0.15) is 10.4 Å². The van der Waals surface area contributed by atoms with Crippen molar-refractivity contribution in [3.05, 3.63) is 54.6 Å². The standard InChI is InChI=1S/C19H17F2N7O4S/c1-22-33(30,31)11-4-5-15(32-19(20)21)12(8-11)16-14(10-27(2)26-16)25-18(29)13-9-24-28-7-3-6-23-17(13)28/h3-10,19,22H,1-2H3,(H,25,29). The molecule has 0 saturated heterocycles. The van der Waals surface area contributed by atoms with Crippen LogP contribution in [0.5, 0.6) is 5.75 Å². The van der Waals surface area contributed by atoms with Gasteiger partial charge in [0.25, 0.3) is 5.91 Å².